The molecule has 0 aliphatic rings. The first-order chi connectivity index (χ1) is 16.9. The van der Waals surface area contributed by atoms with Gasteiger partial charge in [-0.05, 0) is 67.4 Å². The number of nitrogens with zero attached hydrogens (tertiary/aromatic N) is 2. The van der Waals surface area contributed by atoms with Gasteiger partial charge in [0, 0.05) is 23.1 Å². The maximum Gasteiger partial charge on any atom is 1.00 e. The van der Waals surface area contributed by atoms with E-state index in [0.717, 1.165) is 11.7 Å². The summed E-state index contributed by atoms with van der Waals surface area (Å²) < 4.78 is 19.5. The van der Waals surface area contributed by atoms with Crippen LogP contribution in [0.25, 0.3) is 16.6 Å². The summed E-state index contributed by atoms with van der Waals surface area (Å²) in [6.45, 7) is 3.82. The molecule has 0 amide bonds. The van der Waals surface area contributed by atoms with Crippen molar-refractivity contribution >= 4 is 40.1 Å². The Morgan fingerprint density at radius 1 is 0.944 bits per heavy atom. The minimum absolute atomic E-state index is 0. The molecule has 0 saturated heterocycles. The first-order valence-electron chi connectivity index (χ1n) is 11.0. The zero-order valence-electron chi connectivity index (χ0n) is 20.5. The SMILES string of the molecule is COc1ccccc1CC(C(=O)c1ccc(OC(C)C)cc1)=C(C(=O)[O-])c1ccc2nsnc2c1.[Na+]. The molecule has 9 heteroatoms. The summed E-state index contributed by atoms with van der Waals surface area (Å²) in [6, 6.07) is 18.7. The molecule has 1 aromatic heterocycles. The number of aromatic nitrogens is 2. The van der Waals surface area contributed by atoms with Gasteiger partial charge >= 0.3 is 29.6 Å². The fourth-order valence-electron chi connectivity index (χ4n) is 3.81. The molecule has 4 aromatic rings. The molecule has 0 bridgehead atoms. The topological polar surface area (TPSA) is 101 Å². The van der Waals surface area contributed by atoms with Crippen LogP contribution in [0.2, 0.25) is 0 Å². The zero-order chi connectivity index (χ0) is 24.9. The molecule has 0 saturated carbocycles. The molecule has 1 heterocycles. The van der Waals surface area contributed by atoms with Gasteiger partial charge in [0.05, 0.1) is 30.9 Å². The molecule has 0 unspecified atom stereocenters. The zero-order valence-corrected chi connectivity index (χ0v) is 23.3. The number of fused-ring (bicyclic) bond motifs is 1. The Bertz CT molecular complexity index is 1410. The van der Waals surface area contributed by atoms with Crippen LogP contribution >= 0.6 is 11.7 Å². The first-order valence-corrected chi connectivity index (χ1v) is 11.7. The van der Waals surface area contributed by atoms with Crippen molar-refractivity contribution in [2.24, 2.45) is 0 Å². The monoisotopic (exact) mass is 510 g/mol. The molecule has 0 aliphatic carbocycles. The minimum atomic E-state index is -1.45. The van der Waals surface area contributed by atoms with Crippen LogP contribution in [0.1, 0.15) is 35.3 Å². The third-order valence-corrected chi connectivity index (χ3v) is 5.93. The van der Waals surface area contributed by atoms with E-state index in [1.54, 1.807) is 54.6 Å². The Morgan fingerprint density at radius 3 is 2.28 bits per heavy atom. The van der Waals surface area contributed by atoms with Gasteiger partial charge in [0.1, 0.15) is 22.5 Å². The van der Waals surface area contributed by atoms with Crippen LogP contribution in [0.15, 0.2) is 72.3 Å². The Labute approximate surface area is 235 Å². The van der Waals surface area contributed by atoms with E-state index < -0.39 is 11.8 Å². The predicted octanol–water partition coefficient (Wildman–Crippen LogP) is 1.12. The number of carbonyl (C=O) groups excluding carboxylic acids is 2. The average Bonchev–Trinajstić information content (AvgIpc) is 3.31. The molecule has 0 aliphatic heterocycles. The Hall–Kier alpha value is -3.04. The van der Waals surface area contributed by atoms with Crippen LogP contribution in [-0.4, -0.2) is 33.7 Å². The molecule has 0 radical (unpaired) electrons. The van der Waals surface area contributed by atoms with E-state index in [1.807, 2.05) is 26.0 Å². The van der Waals surface area contributed by atoms with Crippen LogP contribution in [0.5, 0.6) is 11.5 Å². The third-order valence-electron chi connectivity index (χ3n) is 5.37. The van der Waals surface area contributed by atoms with Crippen LogP contribution in [0.4, 0.5) is 0 Å². The van der Waals surface area contributed by atoms with Crippen molar-refractivity contribution in [1.82, 2.24) is 8.75 Å². The number of rotatable bonds is 9. The number of carbonyl (C=O) groups is 2. The number of Topliss-reactive ketones (excluding diaryl/α,β-unsaturated/α-hetero) is 1. The normalized spacial score (nSPS) is 11.6. The number of carboxylic acids is 1. The van der Waals surface area contributed by atoms with Gasteiger partial charge in [-0.25, -0.2) is 0 Å². The second-order valence-corrected chi connectivity index (χ2v) is 8.65. The van der Waals surface area contributed by atoms with Gasteiger partial charge in [0.15, 0.2) is 5.78 Å². The van der Waals surface area contributed by atoms with E-state index in [-0.39, 0.29) is 53.2 Å². The Balaban J connectivity index is 0.00000361. The third kappa shape index (κ3) is 6.20. The molecule has 0 spiro atoms. The minimum Gasteiger partial charge on any atom is -0.545 e. The van der Waals surface area contributed by atoms with Crippen molar-refractivity contribution in [3.05, 3.63) is 89.0 Å². The smallest absolute Gasteiger partial charge is 0.545 e. The maximum atomic E-state index is 13.8. The van der Waals surface area contributed by atoms with Crippen molar-refractivity contribution in [3.8, 4) is 11.5 Å². The van der Waals surface area contributed by atoms with Crippen molar-refractivity contribution in [2.75, 3.05) is 7.11 Å². The van der Waals surface area contributed by atoms with Gasteiger partial charge in [-0.3, -0.25) is 4.79 Å². The number of methoxy groups -OCH3 is 1. The van der Waals surface area contributed by atoms with Gasteiger partial charge in [0.25, 0.3) is 0 Å². The van der Waals surface area contributed by atoms with Crippen LogP contribution in [-0.2, 0) is 11.2 Å². The fourth-order valence-corrected chi connectivity index (χ4v) is 4.32. The van der Waals surface area contributed by atoms with Crippen molar-refractivity contribution in [2.45, 2.75) is 26.4 Å². The standard InChI is InChI=1S/C27H24N2O5S.Na/c1-16(2)34-20-11-8-17(9-12-20)26(30)21(14-18-6-4-5-7-24(18)33-3)25(27(31)32)19-10-13-22-23(15-19)29-35-28-22;/h4-13,15-16H,14H2,1-3H3,(H,31,32);/q;+1/p-1. The van der Waals surface area contributed by atoms with Crippen molar-refractivity contribution in [3.63, 3.8) is 0 Å². The largest absolute Gasteiger partial charge is 1.00 e. The maximum absolute atomic E-state index is 13.8. The van der Waals surface area contributed by atoms with Gasteiger partial charge in [0.2, 0.25) is 0 Å². The van der Waals surface area contributed by atoms with E-state index >= 15 is 0 Å². The number of ether oxygens (including phenoxy) is 2. The molecule has 3 aromatic carbocycles. The number of benzene rings is 3. The van der Waals surface area contributed by atoms with Crippen molar-refractivity contribution in [1.29, 1.82) is 0 Å². The van der Waals surface area contributed by atoms with E-state index in [1.165, 1.54) is 7.11 Å². The number of carboxylic acid groups (broad SMARTS) is 1. The van der Waals surface area contributed by atoms with Gasteiger partial charge < -0.3 is 19.4 Å². The summed E-state index contributed by atoms with van der Waals surface area (Å²) in [7, 11) is 1.53. The first kappa shape index (κ1) is 27.5. The van der Waals surface area contributed by atoms with E-state index in [9.17, 15) is 14.7 Å². The number of hydrogen-bond acceptors (Lipinski definition) is 8. The number of hydrogen-bond donors (Lipinski definition) is 0. The van der Waals surface area contributed by atoms with Crippen LogP contribution in [0.3, 0.4) is 0 Å². The summed E-state index contributed by atoms with van der Waals surface area (Å²) in [5.41, 5.74) is 2.41. The van der Waals surface area contributed by atoms with Crippen LogP contribution < -0.4 is 44.1 Å². The molecule has 0 atom stereocenters. The second-order valence-electron chi connectivity index (χ2n) is 8.12. The number of para-hydroxylation sites is 1. The van der Waals surface area contributed by atoms with E-state index in [4.69, 9.17) is 9.47 Å². The summed E-state index contributed by atoms with van der Waals surface area (Å²) in [5.74, 6) is -0.711. The predicted molar refractivity (Wildman–Crippen MR) is 133 cm³/mol. The number of allylic oxidation sites excluding steroid dienone is 1. The number of aliphatic carboxylic acids is 1. The second kappa shape index (κ2) is 12.3. The molecular weight excluding hydrogens is 487 g/mol. The molecule has 36 heavy (non-hydrogen) atoms. The van der Waals surface area contributed by atoms with E-state index in [2.05, 4.69) is 8.75 Å². The summed E-state index contributed by atoms with van der Waals surface area (Å²) in [4.78, 5) is 26.2. The summed E-state index contributed by atoms with van der Waals surface area (Å²) >= 11 is 1.03. The summed E-state index contributed by atoms with van der Waals surface area (Å²) in [5, 5.41) is 12.5. The fraction of sp³-hybridized carbons (Fsp3) is 0.185. The average molecular weight is 511 g/mol. The molecule has 0 fully saturated rings. The van der Waals surface area contributed by atoms with Crippen LogP contribution in [0, 0.1) is 0 Å². The molecule has 178 valence electrons. The molecule has 4 rings (SSSR count). The van der Waals surface area contributed by atoms with Gasteiger partial charge in [-0.2, -0.15) is 8.75 Å². The van der Waals surface area contributed by atoms with E-state index in [0.29, 0.717) is 39.2 Å². The summed E-state index contributed by atoms with van der Waals surface area (Å²) in [6.07, 6.45) is 0.0152. The Morgan fingerprint density at radius 2 is 1.61 bits per heavy atom. The van der Waals surface area contributed by atoms with Gasteiger partial charge in [-0.1, -0.05) is 24.3 Å². The molecule has 7 nitrogen and oxygen atoms in total. The Kier molecular flexibility index (Phi) is 9.39. The quantitative estimate of drug-likeness (QED) is 0.189. The number of ketones is 1. The molecular formula is C27H23N2NaO5S. The van der Waals surface area contributed by atoms with Crippen molar-refractivity contribution < 1.29 is 53.7 Å². The molecule has 0 N–H and O–H groups in total. The van der Waals surface area contributed by atoms with Gasteiger partial charge in [-0.15, -0.1) is 0 Å².